The number of hydrogen-bond acceptors (Lipinski definition) is 5. The van der Waals surface area contributed by atoms with Gasteiger partial charge in [0.05, 0.1) is 6.26 Å². The van der Waals surface area contributed by atoms with Crippen molar-refractivity contribution in [3.8, 4) is 0 Å². The second-order valence-corrected chi connectivity index (χ2v) is 8.49. The SMILES string of the molecule is Cc1ccc(C(=O)NC(=S)Nc2ccc(N3CCN(C(=O)c4ccco4)CC3)cc2)cc1Cl. The van der Waals surface area contributed by atoms with Crippen LogP contribution in [0.3, 0.4) is 0 Å². The van der Waals surface area contributed by atoms with E-state index in [-0.39, 0.29) is 16.9 Å². The number of halogens is 1. The van der Waals surface area contributed by atoms with E-state index in [1.165, 1.54) is 6.26 Å². The second-order valence-electron chi connectivity index (χ2n) is 7.68. The zero-order valence-corrected chi connectivity index (χ0v) is 19.6. The third-order valence-corrected chi connectivity index (χ3v) is 6.06. The smallest absolute Gasteiger partial charge is 0.289 e. The number of nitrogens with one attached hydrogen (secondary N) is 2. The molecule has 7 nitrogen and oxygen atoms in total. The van der Waals surface area contributed by atoms with Gasteiger partial charge in [-0.05, 0) is 73.2 Å². The normalized spacial score (nSPS) is 13.5. The molecule has 170 valence electrons. The first-order valence-electron chi connectivity index (χ1n) is 10.5. The molecule has 0 unspecified atom stereocenters. The van der Waals surface area contributed by atoms with Crippen LogP contribution in [-0.4, -0.2) is 48.0 Å². The van der Waals surface area contributed by atoms with Gasteiger partial charge >= 0.3 is 0 Å². The molecule has 1 aliphatic heterocycles. The number of carbonyl (C=O) groups is 2. The zero-order chi connectivity index (χ0) is 23.4. The predicted octanol–water partition coefficient (Wildman–Crippen LogP) is 4.33. The maximum Gasteiger partial charge on any atom is 0.289 e. The lowest BCUT2D eigenvalue weighted by molar-refractivity contribution is 0.0714. The van der Waals surface area contributed by atoms with Crippen molar-refractivity contribution in [1.29, 1.82) is 0 Å². The van der Waals surface area contributed by atoms with Crippen LogP contribution in [0.15, 0.2) is 65.3 Å². The number of hydrogen-bond donors (Lipinski definition) is 2. The average Bonchev–Trinajstić information content (AvgIpc) is 3.36. The molecular formula is C24H23ClN4O3S. The molecule has 3 aromatic rings. The highest BCUT2D eigenvalue weighted by Gasteiger charge is 2.23. The van der Waals surface area contributed by atoms with Crippen molar-refractivity contribution in [2.45, 2.75) is 6.92 Å². The Hall–Kier alpha value is -3.36. The summed E-state index contributed by atoms with van der Waals surface area (Å²) in [5.74, 6) is -0.0388. The van der Waals surface area contributed by atoms with E-state index in [4.69, 9.17) is 28.2 Å². The average molecular weight is 483 g/mol. The third-order valence-electron chi connectivity index (χ3n) is 5.45. The van der Waals surface area contributed by atoms with E-state index < -0.39 is 0 Å². The number of amides is 2. The van der Waals surface area contributed by atoms with Crippen molar-refractivity contribution in [1.82, 2.24) is 10.2 Å². The first-order valence-corrected chi connectivity index (χ1v) is 11.3. The number of anilines is 2. The molecular weight excluding hydrogens is 460 g/mol. The van der Waals surface area contributed by atoms with E-state index in [2.05, 4.69) is 15.5 Å². The third kappa shape index (κ3) is 5.53. The van der Waals surface area contributed by atoms with Crippen molar-refractivity contribution < 1.29 is 14.0 Å². The molecule has 0 atom stereocenters. The van der Waals surface area contributed by atoms with Gasteiger partial charge in [-0.25, -0.2) is 0 Å². The summed E-state index contributed by atoms with van der Waals surface area (Å²) < 4.78 is 5.21. The van der Waals surface area contributed by atoms with E-state index in [0.717, 1.165) is 30.0 Å². The number of aryl methyl sites for hydroxylation is 1. The fourth-order valence-electron chi connectivity index (χ4n) is 3.55. The van der Waals surface area contributed by atoms with Crippen molar-refractivity contribution in [2.24, 2.45) is 0 Å². The lowest BCUT2D eigenvalue weighted by Crippen LogP contribution is -2.48. The lowest BCUT2D eigenvalue weighted by Gasteiger charge is -2.35. The number of nitrogens with zero attached hydrogens (tertiary/aromatic N) is 2. The minimum atomic E-state index is -0.326. The molecule has 0 aliphatic carbocycles. The summed E-state index contributed by atoms with van der Waals surface area (Å²) in [4.78, 5) is 28.8. The van der Waals surface area contributed by atoms with Crippen LogP contribution in [0.5, 0.6) is 0 Å². The molecule has 33 heavy (non-hydrogen) atoms. The Balaban J connectivity index is 1.28. The predicted molar refractivity (Wildman–Crippen MR) is 133 cm³/mol. The topological polar surface area (TPSA) is 77.8 Å². The molecule has 2 aromatic carbocycles. The van der Waals surface area contributed by atoms with Gasteiger partial charge in [-0.2, -0.15) is 0 Å². The van der Waals surface area contributed by atoms with E-state index in [0.29, 0.717) is 29.4 Å². The van der Waals surface area contributed by atoms with Gasteiger partial charge in [-0.1, -0.05) is 17.7 Å². The molecule has 2 heterocycles. The molecule has 0 bridgehead atoms. The second kappa shape index (κ2) is 10.1. The minimum Gasteiger partial charge on any atom is -0.459 e. The van der Waals surface area contributed by atoms with Crippen LogP contribution in [0, 0.1) is 6.92 Å². The van der Waals surface area contributed by atoms with Crippen LogP contribution >= 0.6 is 23.8 Å². The van der Waals surface area contributed by atoms with Crippen LogP contribution in [0.25, 0.3) is 0 Å². The highest BCUT2D eigenvalue weighted by atomic mass is 35.5. The summed E-state index contributed by atoms with van der Waals surface area (Å²) >= 11 is 11.4. The summed E-state index contributed by atoms with van der Waals surface area (Å²) in [5, 5.41) is 6.42. The molecule has 1 aliphatic rings. The summed E-state index contributed by atoms with van der Waals surface area (Å²) in [7, 11) is 0. The molecule has 4 rings (SSSR count). The van der Waals surface area contributed by atoms with Gasteiger partial charge in [0.1, 0.15) is 0 Å². The van der Waals surface area contributed by atoms with E-state index in [1.807, 2.05) is 31.2 Å². The van der Waals surface area contributed by atoms with Crippen LogP contribution in [0.4, 0.5) is 11.4 Å². The lowest BCUT2D eigenvalue weighted by atomic mass is 10.1. The number of carbonyl (C=O) groups excluding carboxylic acids is 2. The molecule has 2 amide bonds. The molecule has 2 N–H and O–H groups in total. The van der Waals surface area contributed by atoms with E-state index in [9.17, 15) is 9.59 Å². The molecule has 1 saturated heterocycles. The minimum absolute atomic E-state index is 0.0809. The van der Waals surface area contributed by atoms with Gasteiger partial charge in [0, 0.05) is 48.1 Å². The van der Waals surface area contributed by atoms with Gasteiger partial charge in [-0.3, -0.25) is 14.9 Å². The Bertz CT molecular complexity index is 1160. The number of piperazine rings is 1. The van der Waals surface area contributed by atoms with Crippen LogP contribution in [0.2, 0.25) is 5.02 Å². The van der Waals surface area contributed by atoms with Gasteiger partial charge < -0.3 is 19.5 Å². The van der Waals surface area contributed by atoms with E-state index in [1.54, 1.807) is 35.2 Å². The molecule has 9 heteroatoms. The Morgan fingerprint density at radius 2 is 1.76 bits per heavy atom. The first-order chi connectivity index (χ1) is 15.9. The molecule has 1 fully saturated rings. The Kier molecular flexibility index (Phi) is 6.96. The first kappa shape index (κ1) is 22.8. The molecule has 1 aromatic heterocycles. The summed E-state index contributed by atoms with van der Waals surface area (Å²) in [5.41, 5.74) is 3.15. The number of thiocarbonyl (C=S) groups is 1. The maximum absolute atomic E-state index is 12.4. The van der Waals surface area contributed by atoms with Crippen LogP contribution < -0.4 is 15.5 Å². The quantitative estimate of drug-likeness (QED) is 0.539. The highest BCUT2D eigenvalue weighted by molar-refractivity contribution is 7.80. The van der Waals surface area contributed by atoms with E-state index >= 15 is 0 Å². The number of furan rings is 1. The van der Waals surface area contributed by atoms with Gasteiger partial charge in [-0.15, -0.1) is 0 Å². The van der Waals surface area contributed by atoms with Crippen LogP contribution in [-0.2, 0) is 0 Å². The van der Waals surface area contributed by atoms with Crippen LogP contribution in [0.1, 0.15) is 26.5 Å². The Morgan fingerprint density at radius 1 is 1.03 bits per heavy atom. The standard InChI is InChI=1S/C24H23ClN4O3S/c1-16-4-5-17(15-20(16)25)22(30)27-24(33)26-18-6-8-19(9-7-18)28-10-12-29(13-11-28)23(31)21-3-2-14-32-21/h2-9,14-15H,10-13H2,1H3,(H2,26,27,30,33). The van der Waals surface area contributed by atoms with Crippen molar-refractivity contribution in [3.05, 3.63) is 82.8 Å². The fourth-order valence-corrected chi connectivity index (χ4v) is 3.94. The Morgan fingerprint density at radius 3 is 2.39 bits per heavy atom. The number of rotatable bonds is 4. The molecule has 0 radical (unpaired) electrons. The maximum atomic E-state index is 12.4. The fraction of sp³-hybridized carbons (Fsp3) is 0.208. The highest BCUT2D eigenvalue weighted by Crippen LogP contribution is 2.21. The zero-order valence-electron chi connectivity index (χ0n) is 18.0. The largest absolute Gasteiger partial charge is 0.459 e. The summed E-state index contributed by atoms with van der Waals surface area (Å²) in [6.07, 6.45) is 1.51. The summed E-state index contributed by atoms with van der Waals surface area (Å²) in [6, 6.07) is 16.3. The van der Waals surface area contributed by atoms with Crippen molar-refractivity contribution in [3.63, 3.8) is 0 Å². The van der Waals surface area contributed by atoms with Gasteiger partial charge in [0.15, 0.2) is 10.9 Å². The van der Waals surface area contributed by atoms with Gasteiger partial charge in [0.25, 0.3) is 11.8 Å². The van der Waals surface area contributed by atoms with Crippen molar-refractivity contribution in [2.75, 3.05) is 36.4 Å². The Labute approximate surface area is 202 Å². The monoisotopic (exact) mass is 482 g/mol. The molecule has 0 saturated carbocycles. The van der Waals surface area contributed by atoms with Crippen molar-refractivity contribution >= 4 is 52.1 Å². The number of benzene rings is 2. The molecule has 0 spiro atoms. The van der Waals surface area contributed by atoms with Gasteiger partial charge in [0.2, 0.25) is 0 Å². The summed E-state index contributed by atoms with van der Waals surface area (Å²) in [6.45, 7) is 4.58.